The SMILES string of the molecule is CC(C)c1cccc(NC(=O)c2cccc3cc(-c4cccc5cnccc45)ccc23)c1. The van der Waals surface area contributed by atoms with Gasteiger partial charge >= 0.3 is 0 Å². The summed E-state index contributed by atoms with van der Waals surface area (Å²) in [7, 11) is 0. The van der Waals surface area contributed by atoms with Gasteiger partial charge in [-0.05, 0) is 69.1 Å². The largest absolute Gasteiger partial charge is 0.322 e. The van der Waals surface area contributed by atoms with E-state index < -0.39 is 0 Å². The third kappa shape index (κ3) is 3.74. The maximum absolute atomic E-state index is 13.1. The lowest BCUT2D eigenvalue weighted by atomic mass is 9.95. The molecule has 0 bridgehead atoms. The summed E-state index contributed by atoms with van der Waals surface area (Å²) in [5, 5.41) is 7.33. The summed E-state index contributed by atoms with van der Waals surface area (Å²) in [6.45, 7) is 4.30. The number of hydrogen-bond acceptors (Lipinski definition) is 2. The minimum Gasteiger partial charge on any atom is -0.322 e. The number of nitrogens with zero attached hydrogens (tertiary/aromatic N) is 1. The monoisotopic (exact) mass is 416 g/mol. The topological polar surface area (TPSA) is 42.0 Å². The number of amides is 1. The van der Waals surface area contributed by atoms with Crippen molar-refractivity contribution in [1.29, 1.82) is 0 Å². The third-order valence-corrected chi connectivity index (χ3v) is 5.93. The molecule has 0 aliphatic heterocycles. The van der Waals surface area contributed by atoms with Gasteiger partial charge in [-0.1, -0.05) is 68.4 Å². The third-order valence-electron chi connectivity index (χ3n) is 5.93. The number of benzene rings is 4. The second-order valence-electron chi connectivity index (χ2n) is 8.38. The molecule has 5 aromatic rings. The summed E-state index contributed by atoms with van der Waals surface area (Å²) in [4.78, 5) is 17.4. The van der Waals surface area contributed by atoms with Gasteiger partial charge in [0.15, 0.2) is 0 Å². The molecule has 32 heavy (non-hydrogen) atoms. The number of carbonyl (C=O) groups is 1. The van der Waals surface area contributed by atoms with Gasteiger partial charge in [0, 0.05) is 29.0 Å². The molecule has 4 aromatic carbocycles. The molecule has 0 spiro atoms. The summed E-state index contributed by atoms with van der Waals surface area (Å²) < 4.78 is 0. The van der Waals surface area contributed by atoms with Crippen LogP contribution in [0.4, 0.5) is 5.69 Å². The summed E-state index contributed by atoms with van der Waals surface area (Å²) >= 11 is 0. The maximum atomic E-state index is 13.1. The van der Waals surface area contributed by atoms with Crippen molar-refractivity contribution in [1.82, 2.24) is 4.98 Å². The van der Waals surface area contributed by atoms with Gasteiger partial charge in [0.05, 0.1) is 0 Å². The normalized spacial score (nSPS) is 11.2. The van der Waals surface area contributed by atoms with Gasteiger partial charge in [0.1, 0.15) is 0 Å². The first-order valence-electron chi connectivity index (χ1n) is 10.9. The minimum atomic E-state index is -0.0968. The Kier molecular flexibility index (Phi) is 5.16. The zero-order valence-electron chi connectivity index (χ0n) is 18.2. The highest BCUT2D eigenvalue weighted by Gasteiger charge is 2.12. The Morgan fingerprint density at radius 2 is 1.62 bits per heavy atom. The molecule has 0 fully saturated rings. The lowest BCUT2D eigenvalue weighted by Crippen LogP contribution is -2.12. The van der Waals surface area contributed by atoms with Crippen molar-refractivity contribution >= 4 is 33.1 Å². The Labute approximate surface area is 187 Å². The predicted molar refractivity (Wildman–Crippen MR) is 133 cm³/mol. The fourth-order valence-electron chi connectivity index (χ4n) is 4.20. The van der Waals surface area contributed by atoms with E-state index in [1.807, 2.05) is 54.9 Å². The molecule has 1 N–H and O–H groups in total. The highest BCUT2D eigenvalue weighted by atomic mass is 16.1. The Morgan fingerprint density at radius 1 is 0.812 bits per heavy atom. The van der Waals surface area contributed by atoms with Gasteiger partial charge in [0.2, 0.25) is 0 Å². The van der Waals surface area contributed by atoms with Crippen LogP contribution < -0.4 is 5.32 Å². The summed E-state index contributed by atoms with van der Waals surface area (Å²) in [6, 6.07) is 28.5. The van der Waals surface area contributed by atoms with Crippen molar-refractivity contribution in [3.63, 3.8) is 0 Å². The number of anilines is 1. The number of aromatic nitrogens is 1. The van der Waals surface area contributed by atoms with Crippen molar-refractivity contribution < 1.29 is 4.79 Å². The zero-order chi connectivity index (χ0) is 22.1. The maximum Gasteiger partial charge on any atom is 0.256 e. The van der Waals surface area contributed by atoms with Crippen molar-refractivity contribution in [3.05, 3.63) is 108 Å². The van der Waals surface area contributed by atoms with Crippen molar-refractivity contribution in [2.24, 2.45) is 0 Å². The van der Waals surface area contributed by atoms with Crippen LogP contribution in [0.25, 0.3) is 32.7 Å². The van der Waals surface area contributed by atoms with E-state index >= 15 is 0 Å². The molecule has 0 radical (unpaired) electrons. The van der Waals surface area contributed by atoms with E-state index in [0.717, 1.165) is 33.0 Å². The number of carbonyl (C=O) groups excluding carboxylic acids is 1. The molecular formula is C29H24N2O. The number of fused-ring (bicyclic) bond motifs is 2. The molecule has 156 valence electrons. The lowest BCUT2D eigenvalue weighted by molar-refractivity contribution is 0.102. The molecular weight excluding hydrogens is 392 g/mol. The second kappa shape index (κ2) is 8.27. The molecule has 0 unspecified atom stereocenters. The first-order chi connectivity index (χ1) is 15.6. The molecule has 3 nitrogen and oxygen atoms in total. The van der Waals surface area contributed by atoms with E-state index in [0.29, 0.717) is 11.5 Å². The van der Waals surface area contributed by atoms with Crippen molar-refractivity contribution in [2.45, 2.75) is 19.8 Å². The zero-order valence-corrected chi connectivity index (χ0v) is 18.2. The molecule has 3 heteroatoms. The molecule has 5 rings (SSSR count). The van der Waals surface area contributed by atoms with Gasteiger partial charge in [-0.25, -0.2) is 0 Å². The molecule has 1 heterocycles. The Bertz CT molecular complexity index is 1450. The molecule has 1 aromatic heterocycles. The number of hydrogen-bond donors (Lipinski definition) is 1. The Morgan fingerprint density at radius 3 is 2.50 bits per heavy atom. The first-order valence-corrected chi connectivity index (χ1v) is 10.9. The molecule has 0 atom stereocenters. The predicted octanol–water partition coefficient (Wildman–Crippen LogP) is 7.43. The van der Waals surface area contributed by atoms with Gasteiger partial charge in [0.25, 0.3) is 5.91 Å². The fraction of sp³-hybridized carbons (Fsp3) is 0.103. The summed E-state index contributed by atoms with van der Waals surface area (Å²) in [5.41, 5.74) is 4.98. The highest BCUT2D eigenvalue weighted by molar-refractivity contribution is 6.13. The van der Waals surface area contributed by atoms with Crippen LogP contribution in [0.1, 0.15) is 35.7 Å². The van der Waals surface area contributed by atoms with E-state index in [1.54, 1.807) is 0 Å². The first kappa shape index (κ1) is 20.0. The second-order valence-corrected chi connectivity index (χ2v) is 8.38. The van der Waals surface area contributed by atoms with Gasteiger partial charge in [-0.3, -0.25) is 9.78 Å². The Balaban J connectivity index is 1.52. The molecule has 0 saturated heterocycles. The van der Waals surface area contributed by atoms with Crippen molar-refractivity contribution in [3.8, 4) is 11.1 Å². The molecule has 0 aliphatic carbocycles. The van der Waals surface area contributed by atoms with Crippen LogP contribution in [0.5, 0.6) is 0 Å². The molecule has 0 saturated carbocycles. The Hall–Kier alpha value is -3.98. The van der Waals surface area contributed by atoms with E-state index in [1.165, 1.54) is 10.9 Å². The quantitative estimate of drug-likeness (QED) is 0.331. The summed E-state index contributed by atoms with van der Waals surface area (Å²) in [5.74, 6) is 0.313. The average molecular weight is 417 g/mol. The van der Waals surface area contributed by atoms with E-state index in [2.05, 4.69) is 66.6 Å². The summed E-state index contributed by atoms with van der Waals surface area (Å²) in [6.07, 6.45) is 3.71. The molecule has 0 aliphatic rings. The van der Waals surface area contributed by atoms with Gasteiger partial charge in [-0.15, -0.1) is 0 Å². The lowest BCUT2D eigenvalue weighted by Gasteiger charge is -2.12. The number of nitrogens with one attached hydrogen (secondary N) is 1. The van der Waals surface area contributed by atoms with Crippen LogP contribution in [0, 0.1) is 0 Å². The standard InChI is InChI=1S/C29H24N2O/c1-19(2)20-6-3-9-24(17-20)31-29(32)28-11-4-7-21-16-22(12-13-26(21)28)25-10-5-8-23-18-30-15-14-27(23)25/h3-19H,1-2H3,(H,31,32). The van der Waals surface area contributed by atoms with Crippen molar-refractivity contribution in [2.75, 3.05) is 5.32 Å². The molecule has 1 amide bonds. The van der Waals surface area contributed by atoms with E-state index in [4.69, 9.17) is 0 Å². The van der Waals surface area contributed by atoms with Crippen LogP contribution in [0.3, 0.4) is 0 Å². The van der Waals surface area contributed by atoms with E-state index in [-0.39, 0.29) is 5.91 Å². The van der Waals surface area contributed by atoms with Crippen LogP contribution >= 0.6 is 0 Å². The van der Waals surface area contributed by atoms with Gasteiger partial charge < -0.3 is 5.32 Å². The number of pyridine rings is 1. The minimum absolute atomic E-state index is 0.0968. The van der Waals surface area contributed by atoms with Crippen LogP contribution in [0.2, 0.25) is 0 Å². The van der Waals surface area contributed by atoms with Crippen LogP contribution in [0.15, 0.2) is 97.3 Å². The van der Waals surface area contributed by atoms with Gasteiger partial charge in [-0.2, -0.15) is 0 Å². The van der Waals surface area contributed by atoms with E-state index in [9.17, 15) is 4.79 Å². The highest BCUT2D eigenvalue weighted by Crippen LogP contribution is 2.31. The average Bonchev–Trinajstić information content (AvgIpc) is 2.83. The fourth-order valence-corrected chi connectivity index (χ4v) is 4.20. The number of rotatable bonds is 4. The smallest absolute Gasteiger partial charge is 0.256 e. The van der Waals surface area contributed by atoms with Crippen LogP contribution in [-0.4, -0.2) is 10.9 Å². The van der Waals surface area contributed by atoms with Crippen LogP contribution in [-0.2, 0) is 0 Å².